The van der Waals surface area contributed by atoms with Crippen molar-refractivity contribution in [2.24, 2.45) is 0 Å². The summed E-state index contributed by atoms with van der Waals surface area (Å²) in [6.45, 7) is 38.9. The standard InChI is InChI=1S/C23H18N2O2S.C22H16N2O2S.C14H11N5O2S.2C13H9N5O2S/c1-16-11-12-21-22(16)13-18(17-7-4-3-5-8-17)14-23(21)25-28(26,27)20-10-6-9-19(15-20)24-2;1-23-19-10-6-11-20(15-19)27(25,26)24-22-14-18(16-7-3-2-4-8-16)13-17-9-5-12-21(17)22;1-9-7-16-13-12(9)14(18-8-17-13)19-22(20,21)11-5-3-4-10(6-11)15-2;1-14-10-4-2-5-11(8-10)21(19,20)17-12-6-3-7-18-13(12)15-9-16-18;1-14-9-3-2-4-10(7-9)21(19,20)18-13-11-5-6-15-12(11)16-8-17-13/h3-11,13-15,25H,12H2,1H3;2-11,13-15,24H,12H2;3-8H,1H3,(H2,16,17,18,19);2-9,17H;2-8H,(H2,15,16,17,18). The van der Waals surface area contributed by atoms with Crippen LogP contribution >= 0.6 is 0 Å². The quantitative estimate of drug-likeness (QED) is 0.0416. The highest BCUT2D eigenvalue weighted by Crippen LogP contribution is 2.40. The maximum atomic E-state index is 13.0. The molecule has 29 nitrogen and oxygen atoms in total. The summed E-state index contributed by atoms with van der Waals surface area (Å²) in [5, 5.41) is 5.13. The molecule has 2 aliphatic carbocycles. The molecular formula is C85H63N19O10S5. The maximum absolute atomic E-state index is 13.0. The monoisotopic (exact) mass is 1670 g/mol. The number of allylic oxidation sites excluding steroid dienone is 3. The van der Waals surface area contributed by atoms with Crippen molar-refractivity contribution in [3.8, 4) is 22.3 Å². The minimum Gasteiger partial charge on any atom is -0.346 e. The van der Waals surface area contributed by atoms with Gasteiger partial charge in [-0.15, -0.1) is 0 Å². The molecule has 119 heavy (non-hydrogen) atoms. The lowest BCUT2D eigenvalue weighted by atomic mass is 9.97. The fourth-order valence-electron chi connectivity index (χ4n) is 12.4. The summed E-state index contributed by atoms with van der Waals surface area (Å²) in [4.78, 5) is 42.4. The Labute approximate surface area is 684 Å². The number of anilines is 5. The van der Waals surface area contributed by atoms with E-state index in [0.717, 1.165) is 55.6 Å². The topological polar surface area (TPSA) is 366 Å². The van der Waals surface area contributed by atoms with E-state index in [1.165, 1.54) is 102 Å². The van der Waals surface area contributed by atoms with E-state index in [1.54, 1.807) is 79.3 Å². The molecule has 17 rings (SSSR count). The Morgan fingerprint density at radius 2 is 0.840 bits per heavy atom. The molecule has 0 radical (unpaired) electrons. The van der Waals surface area contributed by atoms with Gasteiger partial charge in [0.15, 0.2) is 45.7 Å². The zero-order valence-electron chi connectivity index (χ0n) is 62.5. The number of aryl methyl sites for hydroxylation is 1. The van der Waals surface area contributed by atoms with Gasteiger partial charge in [-0.05, 0) is 185 Å². The molecule has 7 N–H and O–H groups in total. The molecule has 6 aromatic heterocycles. The minimum atomic E-state index is -3.83. The van der Waals surface area contributed by atoms with Gasteiger partial charge in [0.1, 0.15) is 30.3 Å². The highest BCUT2D eigenvalue weighted by atomic mass is 32.2. The van der Waals surface area contributed by atoms with E-state index < -0.39 is 50.1 Å². The third kappa shape index (κ3) is 19.0. The van der Waals surface area contributed by atoms with Gasteiger partial charge in [0.2, 0.25) is 0 Å². The molecule has 588 valence electrons. The van der Waals surface area contributed by atoms with Crippen LogP contribution in [0.15, 0.2) is 299 Å². The number of benzene rings is 9. The van der Waals surface area contributed by atoms with Crippen LogP contribution in [-0.2, 0) is 63.0 Å². The van der Waals surface area contributed by atoms with Crippen LogP contribution in [-0.4, -0.2) is 86.6 Å². The third-order valence-electron chi connectivity index (χ3n) is 18.2. The Morgan fingerprint density at radius 3 is 1.34 bits per heavy atom. The van der Waals surface area contributed by atoms with Gasteiger partial charge in [-0.25, -0.2) is 95.7 Å². The zero-order valence-corrected chi connectivity index (χ0v) is 66.5. The van der Waals surface area contributed by atoms with Crippen molar-refractivity contribution in [3.63, 3.8) is 0 Å². The molecule has 15 aromatic rings. The number of nitrogens with zero attached hydrogens (tertiary/aromatic N) is 12. The molecule has 0 unspecified atom stereocenters. The number of sulfonamides is 5. The van der Waals surface area contributed by atoms with Crippen LogP contribution in [0.3, 0.4) is 0 Å². The molecule has 0 spiro atoms. The Hall–Kier alpha value is -15.5. The zero-order chi connectivity index (χ0) is 84.1. The fourth-order valence-corrected chi connectivity index (χ4v) is 17.9. The second-order valence-corrected chi connectivity index (χ2v) is 34.4. The summed E-state index contributed by atoms with van der Waals surface area (Å²) < 4.78 is 140. The summed E-state index contributed by atoms with van der Waals surface area (Å²) in [6.07, 6.45) is 16.5. The second kappa shape index (κ2) is 35.1. The Bertz CT molecular complexity index is 7210. The smallest absolute Gasteiger partial charge is 0.261 e. The van der Waals surface area contributed by atoms with Crippen LogP contribution < -0.4 is 23.6 Å². The van der Waals surface area contributed by atoms with E-state index in [9.17, 15) is 42.1 Å². The molecule has 0 atom stereocenters. The summed E-state index contributed by atoms with van der Waals surface area (Å²) in [6, 6.07) is 62.2. The van der Waals surface area contributed by atoms with Gasteiger partial charge in [0.05, 0.1) is 85.2 Å². The molecule has 2 aliphatic rings. The van der Waals surface area contributed by atoms with E-state index in [-0.39, 0.29) is 53.2 Å². The van der Waals surface area contributed by atoms with Crippen molar-refractivity contribution in [1.82, 2.24) is 44.5 Å². The first kappa shape index (κ1) is 81.5. The first-order valence-corrected chi connectivity index (χ1v) is 42.8. The number of hydrogen-bond acceptors (Lipinski definition) is 16. The largest absolute Gasteiger partial charge is 0.346 e. The van der Waals surface area contributed by atoms with Crippen molar-refractivity contribution in [3.05, 3.63) is 359 Å². The molecule has 0 saturated heterocycles. The van der Waals surface area contributed by atoms with Gasteiger partial charge >= 0.3 is 0 Å². The van der Waals surface area contributed by atoms with Gasteiger partial charge in [-0.1, -0.05) is 140 Å². The third-order valence-corrected chi connectivity index (χ3v) is 25.0. The average molecular weight is 1670 g/mol. The van der Waals surface area contributed by atoms with Crippen LogP contribution in [0.1, 0.15) is 34.7 Å². The SMILES string of the molecule is [C-]#[N+]c1cccc(S(=O)(=O)Nc2cc(-c3ccccc3)cc3c2CC=C3)c1.[C-]#[N+]c1cccc(S(=O)(=O)Nc2cc(-c3ccccc3)cc3c2CC=C3C)c1.[C-]#[N+]c1cccc(S(=O)(=O)Nc2cccn3ncnc23)c1.[C-]#[N+]c1cccc(S(=O)(=O)Nc2ncnc3[nH]cc(C)c23)c1.[C-]#[N+]c1cccc(S(=O)(=O)Nc2ncnc3[nH]ccc23)c1. The van der Waals surface area contributed by atoms with Crippen LogP contribution in [0.4, 0.5) is 57.1 Å². The highest BCUT2D eigenvalue weighted by molar-refractivity contribution is 7.94. The van der Waals surface area contributed by atoms with Crippen molar-refractivity contribution < 1.29 is 42.1 Å². The molecule has 0 fully saturated rings. The fraction of sp³-hybridized carbons (Fsp3) is 0.0471. The molecule has 9 aromatic carbocycles. The predicted octanol–water partition coefficient (Wildman–Crippen LogP) is 17.9. The van der Waals surface area contributed by atoms with Crippen LogP contribution in [0.2, 0.25) is 0 Å². The van der Waals surface area contributed by atoms with E-state index in [0.29, 0.717) is 69.0 Å². The van der Waals surface area contributed by atoms with Crippen LogP contribution in [0.5, 0.6) is 0 Å². The lowest BCUT2D eigenvalue weighted by Crippen LogP contribution is -2.14. The van der Waals surface area contributed by atoms with E-state index >= 15 is 0 Å². The molecule has 6 heterocycles. The first-order chi connectivity index (χ1) is 57.2. The predicted molar refractivity (Wildman–Crippen MR) is 457 cm³/mol. The summed E-state index contributed by atoms with van der Waals surface area (Å²) in [5.41, 5.74) is 14.3. The van der Waals surface area contributed by atoms with Crippen molar-refractivity contribution in [2.45, 2.75) is 51.2 Å². The normalized spacial score (nSPS) is 11.9. The Morgan fingerprint density at radius 1 is 0.395 bits per heavy atom. The first-order valence-electron chi connectivity index (χ1n) is 35.4. The second-order valence-electron chi connectivity index (χ2n) is 26.0. The molecule has 34 heteroatoms. The lowest BCUT2D eigenvalue weighted by Gasteiger charge is -2.16. The number of H-pyrrole nitrogens is 2. The van der Waals surface area contributed by atoms with Gasteiger partial charge in [-0.2, -0.15) is 5.10 Å². The Kier molecular flexibility index (Phi) is 24.0. The van der Waals surface area contributed by atoms with Gasteiger partial charge in [0.25, 0.3) is 50.1 Å². The molecule has 0 saturated carbocycles. The number of aromatic nitrogens is 9. The van der Waals surface area contributed by atoms with E-state index in [1.807, 2.05) is 98.8 Å². The molecular weight excluding hydrogens is 1610 g/mol. The van der Waals surface area contributed by atoms with E-state index in [2.05, 4.69) is 106 Å². The number of fused-ring (bicyclic) bond motifs is 5. The van der Waals surface area contributed by atoms with E-state index in [4.69, 9.17) is 32.9 Å². The number of pyridine rings is 1. The maximum Gasteiger partial charge on any atom is 0.261 e. The van der Waals surface area contributed by atoms with Gasteiger partial charge in [0, 0.05) is 18.6 Å². The average Bonchev–Trinajstić information content (AvgIpc) is 1.71. The molecule has 0 aliphatic heterocycles. The lowest BCUT2D eigenvalue weighted by molar-refractivity contribution is 0.599. The van der Waals surface area contributed by atoms with Gasteiger partial charge in [-0.3, -0.25) is 23.6 Å². The van der Waals surface area contributed by atoms with Gasteiger partial charge < -0.3 is 9.97 Å². The number of aromatic amines is 2. The van der Waals surface area contributed by atoms with Crippen molar-refractivity contribution in [1.29, 1.82) is 0 Å². The summed E-state index contributed by atoms with van der Waals surface area (Å²) in [7, 11) is -19.0. The molecule has 0 bridgehead atoms. The summed E-state index contributed by atoms with van der Waals surface area (Å²) in [5.74, 6) is 0.395. The number of hydrogen-bond donors (Lipinski definition) is 7. The Balaban J connectivity index is 0.000000129. The number of rotatable bonds is 17. The molecule has 0 amide bonds. The van der Waals surface area contributed by atoms with Crippen LogP contribution in [0, 0.1) is 39.8 Å². The van der Waals surface area contributed by atoms with Crippen LogP contribution in [0.25, 0.3) is 85.8 Å². The summed E-state index contributed by atoms with van der Waals surface area (Å²) >= 11 is 0. The highest BCUT2D eigenvalue weighted by Gasteiger charge is 2.26. The minimum absolute atomic E-state index is 0.0123. The van der Waals surface area contributed by atoms with Crippen molar-refractivity contribution >= 4 is 147 Å². The number of nitrogens with one attached hydrogen (secondary N) is 7. The van der Waals surface area contributed by atoms with Crippen molar-refractivity contribution in [2.75, 3.05) is 23.6 Å².